The average Bonchev–Trinajstić information content (AvgIpc) is 2.63. The average molecular weight is 263 g/mol. The highest BCUT2D eigenvalue weighted by atomic mass is 79.9. The standard InChI is InChI=1S/C7H7BrN2O2S/c8-6-9-5(2-13-6)3-1-4(3)10-7(11)12/h2-4,10H,1H2,(H,11,12)/t3-,4-/m1/s1. The van der Waals surface area contributed by atoms with Crippen molar-refractivity contribution in [3.8, 4) is 0 Å². The number of hydrogen-bond donors (Lipinski definition) is 2. The molecule has 1 fully saturated rings. The van der Waals surface area contributed by atoms with Gasteiger partial charge in [-0.15, -0.1) is 11.3 Å². The van der Waals surface area contributed by atoms with Gasteiger partial charge in [-0.05, 0) is 22.4 Å². The van der Waals surface area contributed by atoms with Crippen molar-refractivity contribution in [2.24, 2.45) is 0 Å². The van der Waals surface area contributed by atoms with Crippen LogP contribution in [0.3, 0.4) is 0 Å². The maximum Gasteiger partial charge on any atom is 0.404 e. The topological polar surface area (TPSA) is 62.2 Å². The van der Waals surface area contributed by atoms with Gasteiger partial charge in [0.2, 0.25) is 0 Å². The Bertz CT molecular complexity index is 341. The summed E-state index contributed by atoms with van der Waals surface area (Å²) < 4.78 is 0.850. The van der Waals surface area contributed by atoms with Crippen LogP contribution < -0.4 is 5.32 Å². The Balaban J connectivity index is 1.96. The lowest BCUT2D eigenvalue weighted by Crippen LogP contribution is -2.24. The highest BCUT2D eigenvalue weighted by Gasteiger charge is 2.41. The van der Waals surface area contributed by atoms with Gasteiger partial charge in [-0.1, -0.05) is 0 Å². The molecule has 4 nitrogen and oxygen atoms in total. The maximum atomic E-state index is 10.3. The van der Waals surface area contributed by atoms with Crippen LogP contribution in [0, 0.1) is 0 Å². The van der Waals surface area contributed by atoms with E-state index in [-0.39, 0.29) is 12.0 Å². The molecule has 6 heteroatoms. The molecule has 0 radical (unpaired) electrons. The molecular formula is C7H7BrN2O2S. The first-order valence-electron chi connectivity index (χ1n) is 3.77. The Hall–Kier alpha value is -0.620. The van der Waals surface area contributed by atoms with Crippen LogP contribution in [-0.4, -0.2) is 22.2 Å². The highest BCUT2D eigenvalue weighted by molar-refractivity contribution is 9.11. The normalized spacial score (nSPS) is 25.6. The second-order valence-corrected chi connectivity index (χ2v) is 5.06. The van der Waals surface area contributed by atoms with Crippen LogP contribution in [0.15, 0.2) is 9.30 Å². The lowest BCUT2D eigenvalue weighted by Gasteiger charge is -1.95. The molecule has 0 unspecified atom stereocenters. The maximum absolute atomic E-state index is 10.3. The Morgan fingerprint density at radius 1 is 1.85 bits per heavy atom. The summed E-state index contributed by atoms with van der Waals surface area (Å²) in [5.74, 6) is 0.277. The first-order valence-corrected chi connectivity index (χ1v) is 5.44. The fraction of sp³-hybridized carbons (Fsp3) is 0.429. The van der Waals surface area contributed by atoms with Crippen molar-refractivity contribution in [1.82, 2.24) is 10.3 Å². The zero-order valence-electron chi connectivity index (χ0n) is 6.53. The predicted octanol–water partition coefficient (Wildman–Crippen LogP) is 2.03. The molecule has 0 saturated heterocycles. The second kappa shape index (κ2) is 3.26. The number of carboxylic acid groups (broad SMARTS) is 1. The van der Waals surface area contributed by atoms with E-state index in [2.05, 4.69) is 26.2 Å². The minimum absolute atomic E-state index is 0.0616. The summed E-state index contributed by atoms with van der Waals surface area (Å²) in [6.07, 6.45) is -0.0931. The Morgan fingerprint density at radius 2 is 2.62 bits per heavy atom. The van der Waals surface area contributed by atoms with Gasteiger partial charge in [0.05, 0.1) is 5.69 Å². The van der Waals surface area contributed by atoms with E-state index in [0.29, 0.717) is 0 Å². The molecule has 1 amide bonds. The monoisotopic (exact) mass is 262 g/mol. The molecule has 1 heterocycles. The van der Waals surface area contributed by atoms with Crippen LogP contribution in [0.4, 0.5) is 4.79 Å². The molecule has 1 aromatic rings. The lowest BCUT2D eigenvalue weighted by molar-refractivity contribution is 0.193. The fourth-order valence-electron chi connectivity index (χ4n) is 1.27. The van der Waals surface area contributed by atoms with Crippen molar-refractivity contribution >= 4 is 33.4 Å². The van der Waals surface area contributed by atoms with Gasteiger partial charge in [0.15, 0.2) is 3.92 Å². The van der Waals surface area contributed by atoms with E-state index in [1.54, 1.807) is 0 Å². The first kappa shape index (κ1) is 8.96. The summed E-state index contributed by atoms with van der Waals surface area (Å²) in [6, 6.07) is 0.0616. The van der Waals surface area contributed by atoms with E-state index in [9.17, 15) is 4.79 Å². The Kier molecular flexibility index (Phi) is 2.25. The molecule has 1 saturated carbocycles. The molecule has 0 aromatic carbocycles. The molecule has 0 aliphatic heterocycles. The van der Waals surface area contributed by atoms with Gasteiger partial charge in [-0.2, -0.15) is 0 Å². The van der Waals surface area contributed by atoms with Crippen molar-refractivity contribution in [2.45, 2.75) is 18.4 Å². The summed E-state index contributed by atoms with van der Waals surface area (Å²) in [6.45, 7) is 0. The fourth-order valence-corrected chi connectivity index (χ4v) is 2.36. The molecule has 2 rings (SSSR count). The predicted molar refractivity (Wildman–Crippen MR) is 52.1 cm³/mol. The van der Waals surface area contributed by atoms with Crippen LogP contribution in [0.5, 0.6) is 0 Å². The number of aromatic nitrogens is 1. The molecule has 1 aliphatic carbocycles. The first-order chi connectivity index (χ1) is 6.16. The van der Waals surface area contributed by atoms with Gasteiger partial charge in [0.1, 0.15) is 0 Å². The highest BCUT2D eigenvalue weighted by Crippen LogP contribution is 2.41. The second-order valence-electron chi connectivity index (χ2n) is 2.92. The largest absolute Gasteiger partial charge is 0.465 e. The van der Waals surface area contributed by atoms with Crippen molar-refractivity contribution in [2.75, 3.05) is 0 Å². The van der Waals surface area contributed by atoms with Crippen molar-refractivity contribution in [3.63, 3.8) is 0 Å². The summed E-state index contributed by atoms with van der Waals surface area (Å²) >= 11 is 4.79. The number of carbonyl (C=O) groups is 1. The molecule has 0 bridgehead atoms. The van der Waals surface area contributed by atoms with Gasteiger partial charge in [0.25, 0.3) is 0 Å². The molecule has 1 aliphatic rings. The third-order valence-electron chi connectivity index (χ3n) is 1.97. The molecule has 2 N–H and O–H groups in total. The number of thiazole rings is 1. The van der Waals surface area contributed by atoms with Crippen LogP contribution in [0.25, 0.3) is 0 Å². The molecule has 1 aromatic heterocycles. The Morgan fingerprint density at radius 3 is 3.15 bits per heavy atom. The summed E-state index contributed by atoms with van der Waals surface area (Å²) in [5.41, 5.74) is 0.982. The number of nitrogens with zero attached hydrogens (tertiary/aromatic N) is 1. The van der Waals surface area contributed by atoms with Gasteiger partial charge >= 0.3 is 6.09 Å². The lowest BCUT2D eigenvalue weighted by atomic mass is 10.3. The van der Waals surface area contributed by atoms with E-state index in [4.69, 9.17) is 5.11 Å². The van der Waals surface area contributed by atoms with E-state index in [1.165, 1.54) is 11.3 Å². The number of halogens is 1. The van der Waals surface area contributed by atoms with Crippen LogP contribution in [0.1, 0.15) is 18.0 Å². The van der Waals surface area contributed by atoms with Gasteiger partial charge < -0.3 is 10.4 Å². The van der Waals surface area contributed by atoms with Crippen molar-refractivity contribution < 1.29 is 9.90 Å². The minimum Gasteiger partial charge on any atom is -0.465 e. The number of amides is 1. The summed E-state index contributed by atoms with van der Waals surface area (Å²) in [7, 11) is 0. The molecule has 70 valence electrons. The summed E-state index contributed by atoms with van der Waals surface area (Å²) in [4.78, 5) is 14.5. The van der Waals surface area contributed by atoms with Crippen LogP contribution in [-0.2, 0) is 0 Å². The van der Waals surface area contributed by atoms with E-state index >= 15 is 0 Å². The molecule has 0 spiro atoms. The zero-order valence-corrected chi connectivity index (χ0v) is 8.93. The molecular weight excluding hydrogens is 256 g/mol. The van der Waals surface area contributed by atoms with Crippen molar-refractivity contribution in [3.05, 3.63) is 15.0 Å². The van der Waals surface area contributed by atoms with Gasteiger partial charge in [-0.3, -0.25) is 0 Å². The quantitative estimate of drug-likeness (QED) is 0.858. The number of rotatable bonds is 2. The third-order valence-corrected chi connectivity index (χ3v) is 3.36. The zero-order chi connectivity index (χ0) is 9.42. The molecule has 13 heavy (non-hydrogen) atoms. The minimum atomic E-state index is -0.957. The molecule has 2 atom stereocenters. The smallest absolute Gasteiger partial charge is 0.404 e. The Labute approximate surface area is 87.1 Å². The van der Waals surface area contributed by atoms with Gasteiger partial charge in [-0.25, -0.2) is 9.78 Å². The third kappa shape index (κ3) is 2.00. The summed E-state index contributed by atoms with van der Waals surface area (Å²) in [5, 5.41) is 12.9. The van der Waals surface area contributed by atoms with E-state index in [0.717, 1.165) is 16.0 Å². The van der Waals surface area contributed by atoms with Gasteiger partial charge in [0, 0.05) is 17.3 Å². The van der Waals surface area contributed by atoms with Crippen molar-refractivity contribution in [1.29, 1.82) is 0 Å². The SMILES string of the molecule is O=C(O)N[C@@H]1C[C@H]1c1csc(Br)n1. The van der Waals surface area contributed by atoms with E-state index in [1.807, 2.05) is 5.38 Å². The number of nitrogens with one attached hydrogen (secondary N) is 1. The van der Waals surface area contributed by atoms with E-state index < -0.39 is 6.09 Å². The van der Waals surface area contributed by atoms with Crippen LogP contribution >= 0.6 is 27.3 Å². The number of hydrogen-bond acceptors (Lipinski definition) is 3. The van der Waals surface area contributed by atoms with Crippen LogP contribution in [0.2, 0.25) is 0 Å².